The van der Waals surface area contributed by atoms with E-state index < -0.39 is 0 Å². The number of piperidine rings is 1. The second kappa shape index (κ2) is 5.02. The van der Waals surface area contributed by atoms with Crippen LogP contribution in [0.15, 0.2) is 12.2 Å². The van der Waals surface area contributed by atoms with Crippen LogP contribution in [0, 0.1) is 0 Å². The van der Waals surface area contributed by atoms with Crippen LogP contribution in [-0.2, 0) is 4.79 Å². The molecule has 1 aliphatic rings. The largest absolute Gasteiger partial charge is 0.340 e. The van der Waals surface area contributed by atoms with Crippen molar-refractivity contribution in [3.05, 3.63) is 12.2 Å². The van der Waals surface area contributed by atoms with Crippen molar-refractivity contribution in [2.45, 2.75) is 26.2 Å². The lowest BCUT2D eigenvalue weighted by molar-refractivity contribution is -0.118. The summed E-state index contributed by atoms with van der Waals surface area (Å²) in [6.07, 6.45) is 3.83. The Labute approximate surface area is 79.8 Å². The van der Waals surface area contributed by atoms with E-state index >= 15 is 0 Å². The van der Waals surface area contributed by atoms with E-state index in [9.17, 15) is 4.79 Å². The number of carbonyl (C=O) groups is 1. The summed E-state index contributed by atoms with van der Waals surface area (Å²) >= 11 is 0. The van der Waals surface area contributed by atoms with Gasteiger partial charge in [0.15, 0.2) is 0 Å². The van der Waals surface area contributed by atoms with Crippen LogP contribution in [0.25, 0.3) is 0 Å². The van der Waals surface area contributed by atoms with Crippen molar-refractivity contribution in [3.63, 3.8) is 0 Å². The van der Waals surface area contributed by atoms with E-state index in [4.69, 9.17) is 0 Å². The topological polar surface area (TPSA) is 32.3 Å². The van der Waals surface area contributed by atoms with E-state index in [0.29, 0.717) is 12.2 Å². The number of nitrogens with zero attached hydrogens (tertiary/aromatic N) is 1. The van der Waals surface area contributed by atoms with Crippen LogP contribution in [0.5, 0.6) is 0 Å². The molecule has 1 aliphatic heterocycles. The molecule has 1 amide bonds. The van der Waals surface area contributed by atoms with E-state index in [1.54, 1.807) is 6.92 Å². The summed E-state index contributed by atoms with van der Waals surface area (Å²) in [7, 11) is 0. The van der Waals surface area contributed by atoms with E-state index in [-0.39, 0.29) is 5.91 Å². The highest BCUT2D eigenvalue weighted by Crippen LogP contribution is 2.06. The van der Waals surface area contributed by atoms with Gasteiger partial charge in [0.1, 0.15) is 0 Å². The Morgan fingerprint density at radius 1 is 1.38 bits per heavy atom. The highest BCUT2D eigenvalue weighted by Gasteiger charge is 2.10. The Hall–Kier alpha value is -0.830. The van der Waals surface area contributed by atoms with Crippen LogP contribution in [-0.4, -0.2) is 30.6 Å². The lowest BCUT2D eigenvalue weighted by Gasteiger charge is -2.26. The molecule has 0 aromatic carbocycles. The smallest absolute Gasteiger partial charge is 0.247 e. The molecule has 1 saturated heterocycles. The van der Waals surface area contributed by atoms with E-state index in [0.717, 1.165) is 13.1 Å². The molecule has 3 nitrogen and oxygen atoms in total. The predicted octanol–water partition coefficient (Wildman–Crippen LogP) is 1.12. The molecule has 0 atom stereocenters. The van der Waals surface area contributed by atoms with Crippen molar-refractivity contribution in [1.29, 1.82) is 0 Å². The molecular weight excluding hydrogens is 164 g/mol. The summed E-state index contributed by atoms with van der Waals surface area (Å²) in [5, 5.41) is 2.84. The molecule has 0 radical (unpaired) electrons. The number of hydrogen-bond donors (Lipinski definition) is 1. The molecule has 0 saturated carbocycles. The zero-order valence-corrected chi connectivity index (χ0v) is 8.31. The minimum absolute atomic E-state index is 0.0365. The number of nitrogens with one attached hydrogen (secondary N) is 1. The van der Waals surface area contributed by atoms with Crippen LogP contribution in [0.1, 0.15) is 26.2 Å². The number of likely N-dealkylation sites (tertiary alicyclic amines) is 1. The van der Waals surface area contributed by atoms with Gasteiger partial charge in [-0.25, -0.2) is 0 Å². The predicted molar refractivity (Wildman–Crippen MR) is 53.2 cm³/mol. The fourth-order valence-corrected chi connectivity index (χ4v) is 1.45. The van der Waals surface area contributed by atoms with Gasteiger partial charge < -0.3 is 5.32 Å². The van der Waals surface area contributed by atoms with Crippen molar-refractivity contribution in [2.75, 3.05) is 19.8 Å². The molecule has 1 fully saturated rings. The number of carbonyl (C=O) groups excluding carboxylic acids is 1. The first-order chi connectivity index (χ1) is 6.20. The van der Waals surface area contributed by atoms with Crippen LogP contribution >= 0.6 is 0 Å². The van der Waals surface area contributed by atoms with Gasteiger partial charge in [0.05, 0.1) is 6.67 Å². The molecule has 0 aliphatic carbocycles. The SMILES string of the molecule is C=C(C)C(=O)NCN1CCCCC1. The number of hydrogen-bond acceptors (Lipinski definition) is 2. The van der Waals surface area contributed by atoms with Crippen LogP contribution < -0.4 is 5.32 Å². The summed E-state index contributed by atoms with van der Waals surface area (Å²) in [6.45, 7) is 8.20. The van der Waals surface area contributed by atoms with Crippen molar-refractivity contribution in [1.82, 2.24) is 10.2 Å². The minimum atomic E-state index is -0.0365. The molecule has 13 heavy (non-hydrogen) atoms. The number of rotatable bonds is 3. The van der Waals surface area contributed by atoms with Gasteiger partial charge >= 0.3 is 0 Å². The van der Waals surface area contributed by atoms with Crippen LogP contribution in [0.2, 0.25) is 0 Å². The summed E-state index contributed by atoms with van der Waals surface area (Å²) in [5.41, 5.74) is 0.581. The molecule has 0 aromatic heterocycles. The second-order valence-electron chi connectivity index (χ2n) is 3.62. The Bertz CT molecular complexity index is 195. The van der Waals surface area contributed by atoms with E-state index in [2.05, 4.69) is 16.8 Å². The average Bonchev–Trinajstić information content (AvgIpc) is 2.15. The standard InChI is InChI=1S/C10H18N2O/c1-9(2)10(13)11-8-12-6-4-3-5-7-12/h1,3-8H2,2H3,(H,11,13). The van der Waals surface area contributed by atoms with Gasteiger partial charge in [-0.15, -0.1) is 0 Å². The lowest BCUT2D eigenvalue weighted by Crippen LogP contribution is -2.40. The van der Waals surface area contributed by atoms with E-state index in [1.165, 1.54) is 19.3 Å². The molecule has 74 valence electrons. The first-order valence-electron chi connectivity index (χ1n) is 4.86. The molecule has 0 spiro atoms. The second-order valence-corrected chi connectivity index (χ2v) is 3.62. The summed E-state index contributed by atoms with van der Waals surface area (Å²) in [4.78, 5) is 13.4. The van der Waals surface area contributed by atoms with Crippen molar-refractivity contribution in [3.8, 4) is 0 Å². The van der Waals surface area contributed by atoms with Gasteiger partial charge in [0.2, 0.25) is 5.91 Å². The van der Waals surface area contributed by atoms with Gasteiger partial charge in [0, 0.05) is 5.57 Å². The molecule has 0 aromatic rings. The summed E-state index contributed by atoms with van der Waals surface area (Å²) in [5.74, 6) is -0.0365. The molecular formula is C10H18N2O. The average molecular weight is 182 g/mol. The van der Waals surface area contributed by atoms with Crippen LogP contribution in [0.4, 0.5) is 0 Å². The minimum Gasteiger partial charge on any atom is -0.340 e. The molecule has 1 heterocycles. The molecule has 1 N–H and O–H groups in total. The lowest BCUT2D eigenvalue weighted by atomic mass is 10.1. The normalized spacial score (nSPS) is 18.2. The fourth-order valence-electron chi connectivity index (χ4n) is 1.45. The van der Waals surface area contributed by atoms with E-state index in [1.807, 2.05) is 0 Å². The monoisotopic (exact) mass is 182 g/mol. The maximum absolute atomic E-state index is 11.1. The maximum Gasteiger partial charge on any atom is 0.247 e. The molecule has 0 unspecified atom stereocenters. The third-order valence-corrected chi connectivity index (χ3v) is 2.30. The third-order valence-electron chi connectivity index (χ3n) is 2.30. The van der Waals surface area contributed by atoms with Crippen molar-refractivity contribution in [2.24, 2.45) is 0 Å². The fraction of sp³-hybridized carbons (Fsp3) is 0.700. The molecule has 0 bridgehead atoms. The highest BCUT2D eigenvalue weighted by molar-refractivity contribution is 5.91. The molecule has 3 heteroatoms. The van der Waals surface area contributed by atoms with Crippen molar-refractivity contribution < 1.29 is 4.79 Å². The summed E-state index contributed by atoms with van der Waals surface area (Å²) in [6, 6.07) is 0. The Morgan fingerprint density at radius 3 is 2.54 bits per heavy atom. The van der Waals surface area contributed by atoms with Crippen molar-refractivity contribution >= 4 is 5.91 Å². The number of amides is 1. The van der Waals surface area contributed by atoms with Gasteiger partial charge in [-0.05, 0) is 32.9 Å². The third kappa shape index (κ3) is 3.59. The summed E-state index contributed by atoms with van der Waals surface area (Å²) < 4.78 is 0. The Morgan fingerprint density at radius 2 is 2.00 bits per heavy atom. The zero-order chi connectivity index (χ0) is 9.68. The quantitative estimate of drug-likeness (QED) is 0.663. The first kappa shape index (κ1) is 10.3. The Kier molecular flexibility index (Phi) is 3.96. The van der Waals surface area contributed by atoms with Gasteiger partial charge in [-0.2, -0.15) is 0 Å². The van der Waals surface area contributed by atoms with Gasteiger partial charge in [-0.3, -0.25) is 9.69 Å². The first-order valence-corrected chi connectivity index (χ1v) is 4.86. The highest BCUT2D eigenvalue weighted by atomic mass is 16.1. The zero-order valence-electron chi connectivity index (χ0n) is 8.31. The Balaban J connectivity index is 2.17. The molecule has 1 rings (SSSR count). The van der Waals surface area contributed by atoms with Gasteiger partial charge in [0.25, 0.3) is 0 Å². The van der Waals surface area contributed by atoms with Gasteiger partial charge in [-0.1, -0.05) is 13.0 Å². The van der Waals surface area contributed by atoms with Crippen LogP contribution in [0.3, 0.4) is 0 Å². The maximum atomic E-state index is 11.1.